The SMILES string of the molecule is CC(=O)CCOC(=O)c1cc(SSc2ccc([N+](=O)[O-])c(C(=O)OCCC(C)=O)c2)ccc1[N+](=O)[O-].CNCCCC[NH+]=C(N)CCSSCCC(C)=[NH2+].CNCC[NH+]=C(N)CCSSCCC(C)=[NH2+].[Cl-].[Cl-].[Cl-].[Cl-].[HH]. The molecule has 0 bridgehead atoms. The lowest BCUT2D eigenvalue weighted by atomic mass is 10.2. The minimum Gasteiger partial charge on any atom is -1.00 e. The number of likely N-dealkylation sites (N-methyl/N-ethyl adjacent to an activating group) is 1. The molecule has 0 radical (unpaired) electrons. The lowest BCUT2D eigenvalue weighted by molar-refractivity contribution is -0.460. The molecule has 0 aliphatic heterocycles. The number of ketones is 2. The molecule has 0 fully saturated rings. The minimum atomic E-state index is -0.957. The van der Waals surface area contributed by atoms with E-state index in [1.165, 1.54) is 44.5 Å². The van der Waals surface area contributed by atoms with Crippen LogP contribution in [0.3, 0.4) is 0 Å². The number of Topliss-reactive ketones (excluding diaryl/α,β-unsaturated/α-hetero) is 2. The molecule has 2 aromatic rings. The van der Waals surface area contributed by atoms with E-state index in [0.29, 0.717) is 9.79 Å². The molecule has 2 aromatic carbocycles. The molecule has 0 saturated carbocycles. The number of halogens is 4. The zero-order chi connectivity index (χ0) is 52.7. The zero-order valence-electron chi connectivity index (χ0n) is 42.4. The fourth-order valence-corrected chi connectivity index (χ4v) is 11.0. The predicted molar refractivity (Wildman–Crippen MR) is 292 cm³/mol. The van der Waals surface area contributed by atoms with Gasteiger partial charge >= 0.3 is 11.9 Å². The smallest absolute Gasteiger partial charge is 0.345 e. The largest absolute Gasteiger partial charge is 1.00 e. The Labute approximate surface area is 484 Å². The molecule has 0 aromatic heterocycles. The van der Waals surface area contributed by atoms with Crippen molar-refractivity contribution in [3.63, 3.8) is 0 Å². The molecule has 0 amide bonds. The van der Waals surface area contributed by atoms with Crippen LogP contribution in [0.2, 0.25) is 0 Å². The number of carbonyl (C=O) groups excluding carboxylic acids is 4. The van der Waals surface area contributed by atoms with Crippen LogP contribution in [0.1, 0.15) is 101 Å². The average Bonchev–Trinajstić information content (AvgIpc) is 3.30. The minimum absolute atomic E-state index is 0. The second kappa shape index (κ2) is 50.8. The van der Waals surface area contributed by atoms with Crippen molar-refractivity contribution in [2.75, 3.05) is 76.5 Å². The first kappa shape index (κ1) is 79.8. The first-order valence-electron chi connectivity index (χ1n) is 22.2. The standard InChI is InChI=1S/C22H20N2O10S2.C12H26N4S2.C10H22N4S2.4ClH.H2/c1-13(25)7-9-33-21(27)17-11-15(3-5-19(17)23(29)30)35-36-16-4-6-20(24(31)32)18(12-16)22(28)34-10-8-14(2)26;1-11(13)5-9-17-18-10-6-12(14)16-8-4-3-7-15-2;1-9(11)3-7-15-16-8-4-10(12)14-6-5-13-2;;;;;/h3-6,11-12H,7-10H2,1-2H3;13,15H,3-10H2,1-2H3,(H2,14,16);11,13H,3-8H2,1-2H3,(H2,12,14);5*1H. The van der Waals surface area contributed by atoms with Crippen molar-refractivity contribution in [3.05, 3.63) is 67.8 Å². The summed E-state index contributed by atoms with van der Waals surface area (Å²) in [7, 11) is 13.5. The van der Waals surface area contributed by atoms with Gasteiger partial charge in [0, 0.05) is 92.4 Å². The Morgan fingerprint density at radius 2 is 0.959 bits per heavy atom. The van der Waals surface area contributed by atoms with Crippen LogP contribution < -0.4 is 92.5 Å². The highest BCUT2D eigenvalue weighted by atomic mass is 35.5. The molecule has 12 N–H and O–H groups in total. The second-order valence-electron chi connectivity index (χ2n) is 15.0. The van der Waals surface area contributed by atoms with Crippen molar-refractivity contribution in [2.24, 2.45) is 11.5 Å². The van der Waals surface area contributed by atoms with Gasteiger partial charge in [0.25, 0.3) is 11.4 Å². The van der Waals surface area contributed by atoms with Crippen molar-refractivity contribution in [3.8, 4) is 0 Å². The number of rotatable bonds is 35. The van der Waals surface area contributed by atoms with Gasteiger partial charge in [0.15, 0.2) is 0 Å². The summed E-state index contributed by atoms with van der Waals surface area (Å²) in [5.41, 5.74) is 12.2. The van der Waals surface area contributed by atoms with Crippen LogP contribution in [0.4, 0.5) is 11.4 Å². The average molecular weight is 1240 g/mol. The summed E-state index contributed by atoms with van der Waals surface area (Å²) in [5.74, 6) is 3.74. The van der Waals surface area contributed by atoms with Gasteiger partial charge in [0.1, 0.15) is 34.1 Å². The summed E-state index contributed by atoms with van der Waals surface area (Å²) in [6.07, 6.45) is 6.16. The maximum absolute atomic E-state index is 12.3. The van der Waals surface area contributed by atoms with Gasteiger partial charge in [-0.2, -0.15) is 0 Å². The van der Waals surface area contributed by atoms with Gasteiger partial charge in [-0.05, 0) is 71.6 Å². The number of nitrogens with zero attached hydrogens (tertiary/aromatic N) is 2. The van der Waals surface area contributed by atoms with E-state index in [4.69, 9.17) is 31.8 Å². The fraction of sp³-hybridized carbons (Fsp3) is 0.545. The van der Waals surface area contributed by atoms with Crippen LogP contribution in [0, 0.1) is 20.2 Å². The van der Waals surface area contributed by atoms with Gasteiger partial charge in [0.2, 0.25) is 11.7 Å². The van der Waals surface area contributed by atoms with Crippen LogP contribution in [0.5, 0.6) is 0 Å². The number of benzene rings is 2. The van der Waals surface area contributed by atoms with Gasteiger partial charge in [-0.3, -0.25) is 62.1 Å². The molecule has 0 saturated heterocycles. The topological polar surface area (TPSA) is 328 Å². The number of carbonyl (C=O) groups is 4. The van der Waals surface area contributed by atoms with Crippen LogP contribution in [0.15, 0.2) is 46.2 Å². The molecule has 0 unspecified atom stereocenters. The van der Waals surface area contributed by atoms with Crippen LogP contribution in [-0.2, 0) is 19.1 Å². The number of unbranched alkanes of at least 4 members (excludes halogenated alkanes) is 1. The summed E-state index contributed by atoms with van der Waals surface area (Å²) >= 11 is 0. The number of nitrogens with two attached hydrogens (primary N) is 4. The lowest BCUT2D eigenvalue weighted by Gasteiger charge is -2.08. The molecule has 0 aliphatic carbocycles. The molecule has 0 aliphatic rings. The molecule has 20 nitrogen and oxygen atoms in total. The van der Waals surface area contributed by atoms with E-state index in [2.05, 4.69) is 20.6 Å². The van der Waals surface area contributed by atoms with E-state index >= 15 is 0 Å². The Morgan fingerprint density at radius 1 is 0.595 bits per heavy atom. The number of hydrogen-bond donors (Lipinski definition) is 8. The lowest BCUT2D eigenvalue weighted by Crippen LogP contribution is -3.00. The Bertz CT molecular complexity index is 1990. The molecule has 424 valence electrons. The summed E-state index contributed by atoms with van der Waals surface area (Å²) in [4.78, 5) is 75.2. The Balaban J connectivity index is -0.000000259. The molecule has 0 heterocycles. The Morgan fingerprint density at radius 3 is 1.30 bits per heavy atom. The maximum Gasteiger partial charge on any atom is 0.345 e. The fourth-order valence-electron chi connectivity index (χ4n) is 4.75. The van der Waals surface area contributed by atoms with Gasteiger partial charge in [-0.1, -0.05) is 64.8 Å². The van der Waals surface area contributed by atoms with Crippen molar-refractivity contribution in [2.45, 2.75) is 88.9 Å². The first-order valence-corrected chi connectivity index (χ1v) is 29.3. The molecule has 74 heavy (non-hydrogen) atoms. The normalized spacial score (nSPS) is 10.5. The van der Waals surface area contributed by atoms with Crippen LogP contribution in [-0.4, -0.2) is 133 Å². The van der Waals surface area contributed by atoms with Crippen molar-refractivity contribution in [1.82, 2.24) is 10.6 Å². The highest BCUT2D eigenvalue weighted by molar-refractivity contribution is 8.77. The van der Waals surface area contributed by atoms with E-state index in [0.717, 1.165) is 138 Å². The third-order valence-corrected chi connectivity index (χ3v) is 15.7. The number of amidine groups is 2. The molecule has 0 spiro atoms. The van der Waals surface area contributed by atoms with E-state index in [9.17, 15) is 39.4 Å². The number of nitro groups is 2. The third kappa shape index (κ3) is 43.1. The number of nitro benzene ring substituents is 2. The van der Waals surface area contributed by atoms with Gasteiger partial charge in [-0.15, -0.1) is 0 Å². The highest BCUT2D eigenvalue weighted by Gasteiger charge is 2.24. The monoisotopic (exact) mass is 1230 g/mol. The summed E-state index contributed by atoms with van der Waals surface area (Å²) in [6.45, 7) is 10.0. The van der Waals surface area contributed by atoms with E-state index in [1.54, 1.807) is 0 Å². The molecule has 30 heteroatoms. The van der Waals surface area contributed by atoms with Gasteiger partial charge in [-0.25, -0.2) is 9.59 Å². The van der Waals surface area contributed by atoms with E-state index in [-0.39, 0.29) is 99.8 Å². The third-order valence-electron chi connectivity index (χ3n) is 8.55. The number of nitrogens with one attached hydrogen (secondary N) is 4. The molecular weight excluding hydrogens is 1160 g/mol. The van der Waals surface area contributed by atoms with Crippen LogP contribution >= 0.6 is 64.8 Å². The molecular formula is C44H74Cl4N10O10S6. The molecule has 0 atom stereocenters. The summed E-state index contributed by atoms with van der Waals surface area (Å²) in [5, 5.41) is 40.0. The van der Waals surface area contributed by atoms with Gasteiger partial charge < -0.3 is 69.7 Å². The number of ether oxygens (including phenoxy) is 2. The van der Waals surface area contributed by atoms with E-state index < -0.39 is 33.2 Å². The van der Waals surface area contributed by atoms with Crippen molar-refractivity contribution in [1.29, 1.82) is 0 Å². The molecule has 2 rings (SSSR count). The van der Waals surface area contributed by atoms with E-state index in [1.807, 2.05) is 71.1 Å². The van der Waals surface area contributed by atoms with Crippen LogP contribution in [0.25, 0.3) is 0 Å². The summed E-state index contributed by atoms with van der Waals surface area (Å²) < 4.78 is 9.91. The Hall–Kier alpha value is -3.02. The Kier molecular flexibility index (Phi) is 54.8. The van der Waals surface area contributed by atoms with Crippen molar-refractivity contribution < 1.29 is 110 Å². The summed E-state index contributed by atoms with van der Waals surface area (Å²) in [6, 6.07) is 7.60. The van der Waals surface area contributed by atoms with Gasteiger partial charge in [0.05, 0.1) is 49.0 Å². The second-order valence-corrected chi connectivity index (χ2v) is 22.7. The number of esters is 2. The maximum atomic E-state index is 12.3. The quantitative estimate of drug-likeness (QED) is 0.00604. The number of hydrogen-bond acceptors (Lipinski definition) is 18. The zero-order valence-corrected chi connectivity index (χ0v) is 50.4. The predicted octanol–water partition coefficient (Wildman–Crippen LogP) is -10.3. The highest BCUT2D eigenvalue weighted by Crippen LogP contribution is 2.40. The first-order chi connectivity index (χ1) is 33.3. The van der Waals surface area contributed by atoms with Crippen molar-refractivity contribution >= 4 is 123 Å².